The van der Waals surface area contributed by atoms with Gasteiger partial charge in [-0.1, -0.05) is 60.2 Å². The smallest absolute Gasteiger partial charge is 0.242 e. The minimum Gasteiger partial charge on any atom is -0.298 e. The van der Waals surface area contributed by atoms with Gasteiger partial charge < -0.3 is 0 Å². The van der Waals surface area contributed by atoms with Crippen LogP contribution in [-0.2, 0) is 10.0 Å². The molecule has 0 aliphatic heterocycles. The van der Waals surface area contributed by atoms with Crippen LogP contribution in [0, 0.1) is 0 Å². The number of aromatic nitrogens is 2. The van der Waals surface area contributed by atoms with E-state index in [4.69, 9.17) is 11.6 Å². The second-order valence-corrected chi connectivity index (χ2v) is 7.81. The summed E-state index contributed by atoms with van der Waals surface area (Å²) in [7, 11) is -3.68. The molecule has 0 aliphatic rings. The number of pyridine rings is 1. The van der Waals surface area contributed by atoms with Crippen LogP contribution in [0.15, 0.2) is 67.0 Å². The van der Waals surface area contributed by atoms with Crippen molar-refractivity contribution in [3.8, 4) is 11.3 Å². The van der Waals surface area contributed by atoms with Gasteiger partial charge in [-0.3, -0.25) is 4.79 Å². The van der Waals surface area contributed by atoms with Crippen LogP contribution in [0.1, 0.15) is 15.9 Å². The molecule has 0 bridgehead atoms. The number of benzene rings is 1. The molecule has 0 atom stereocenters. The standard InChI is InChI=1S/C19H15ClN2O3S/c20-19-9-8-15(12-21-19)5-4-10-26(24,25)22-13-16(14-23)11-18(22)17-6-2-1-3-7-17/h1-9,11-14H,10H2. The fourth-order valence-corrected chi connectivity index (χ4v) is 3.80. The summed E-state index contributed by atoms with van der Waals surface area (Å²) in [5.41, 5.74) is 2.22. The lowest BCUT2D eigenvalue weighted by Gasteiger charge is -2.09. The Hall–Kier alpha value is -2.70. The van der Waals surface area contributed by atoms with E-state index in [1.807, 2.05) is 18.2 Å². The molecule has 1 aromatic carbocycles. The Morgan fingerprint density at radius 3 is 2.50 bits per heavy atom. The average Bonchev–Trinajstić information content (AvgIpc) is 3.10. The maximum Gasteiger partial charge on any atom is 0.242 e. The van der Waals surface area contributed by atoms with Gasteiger partial charge in [0.25, 0.3) is 0 Å². The van der Waals surface area contributed by atoms with Crippen molar-refractivity contribution < 1.29 is 13.2 Å². The maximum absolute atomic E-state index is 12.8. The Labute approximate surface area is 156 Å². The molecule has 3 aromatic rings. The van der Waals surface area contributed by atoms with Crippen molar-refractivity contribution in [3.63, 3.8) is 0 Å². The van der Waals surface area contributed by atoms with Crippen molar-refractivity contribution in [1.82, 2.24) is 8.96 Å². The first-order valence-corrected chi connectivity index (χ1v) is 9.73. The summed E-state index contributed by atoms with van der Waals surface area (Å²) in [6.45, 7) is 0. The van der Waals surface area contributed by atoms with Crippen molar-refractivity contribution in [1.29, 1.82) is 0 Å². The summed E-state index contributed by atoms with van der Waals surface area (Å²) in [4.78, 5) is 15.1. The topological polar surface area (TPSA) is 69.0 Å². The lowest BCUT2D eigenvalue weighted by molar-refractivity contribution is 0.112. The van der Waals surface area contributed by atoms with Gasteiger partial charge in [-0.15, -0.1) is 0 Å². The van der Waals surface area contributed by atoms with E-state index in [2.05, 4.69) is 4.98 Å². The van der Waals surface area contributed by atoms with Crippen LogP contribution < -0.4 is 0 Å². The number of hydrogen-bond acceptors (Lipinski definition) is 4. The van der Waals surface area contributed by atoms with Gasteiger partial charge in [-0.25, -0.2) is 17.4 Å². The molecule has 0 spiro atoms. The fourth-order valence-electron chi connectivity index (χ4n) is 2.45. The van der Waals surface area contributed by atoms with Crippen LogP contribution >= 0.6 is 11.6 Å². The number of hydrogen-bond donors (Lipinski definition) is 0. The normalized spacial score (nSPS) is 11.7. The first-order chi connectivity index (χ1) is 12.5. The molecule has 132 valence electrons. The number of rotatable bonds is 6. The molecule has 2 aromatic heterocycles. The number of carbonyl (C=O) groups excluding carboxylic acids is 1. The molecule has 0 amide bonds. The molecule has 0 saturated carbocycles. The summed E-state index contributed by atoms with van der Waals surface area (Å²) in [5, 5.41) is 0.371. The molecule has 0 unspecified atom stereocenters. The lowest BCUT2D eigenvalue weighted by atomic mass is 10.1. The van der Waals surface area contributed by atoms with Gasteiger partial charge in [-0.2, -0.15) is 0 Å². The predicted molar refractivity (Wildman–Crippen MR) is 103 cm³/mol. The van der Waals surface area contributed by atoms with E-state index in [1.54, 1.807) is 42.6 Å². The third kappa shape index (κ3) is 4.09. The molecule has 0 N–H and O–H groups in total. The minimum absolute atomic E-state index is 0.220. The summed E-state index contributed by atoms with van der Waals surface area (Å²) >= 11 is 5.73. The second kappa shape index (κ2) is 7.68. The van der Waals surface area contributed by atoms with Gasteiger partial charge in [0.15, 0.2) is 6.29 Å². The quantitative estimate of drug-likeness (QED) is 0.475. The van der Waals surface area contributed by atoms with Crippen molar-refractivity contribution in [3.05, 3.63) is 83.3 Å². The molecule has 5 nitrogen and oxygen atoms in total. The van der Waals surface area contributed by atoms with Gasteiger partial charge >= 0.3 is 0 Å². The van der Waals surface area contributed by atoms with Crippen LogP contribution in [0.4, 0.5) is 0 Å². The minimum atomic E-state index is -3.68. The van der Waals surface area contributed by atoms with Crippen LogP contribution in [-0.4, -0.2) is 29.4 Å². The molecule has 0 aliphatic carbocycles. The summed E-state index contributed by atoms with van der Waals surface area (Å²) in [5.74, 6) is -0.220. The highest BCUT2D eigenvalue weighted by Crippen LogP contribution is 2.24. The third-order valence-corrected chi connectivity index (χ3v) is 5.42. The molecule has 26 heavy (non-hydrogen) atoms. The zero-order chi connectivity index (χ0) is 18.6. The number of carbonyl (C=O) groups is 1. The molecule has 0 radical (unpaired) electrons. The Morgan fingerprint density at radius 2 is 1.85 bits per heavy atom. The number of aldehydes is 1. The maximum atomic E-state index is 12.8. The third-order valence-electron chi connectivity index (χ3n) is 3.68. The lowest BCUT2D eigenvalue weighted by Crippen LogP contribution is -2.15. The molecule has 3 rings (SSSR count). The zero-order valence-corrected chi connectivity index (χ0v) is 15.2. The average molecular weight is 387 g/mol. The van der Waals surface area contributed by atoms with E-state index >= 15 is 0 Å². The largest absolute Gasteiger partial charge is 0.298 e. The fraction of sp³-hybridized carbons (Fsp3) is 0.0526. The summed E-state index contributed by atoms with van der Waals surface area (Å²) in [6, 6.07) is 14.0. The highest BCUT2D eigenvalue weighted by atomic mass is 35.5. The van der Waals surface area contributed by atoms with Crippen molar-refractivity contribution in [2.24, 2.45) is 0 Å². The molecular weight excluding hydrogens is 372 g/mol. The van der Waals surface area contributed by atoms with E-state index in [0.29, 0.717) is 22.7 Å². The van der Waals surface area contributed by atoms with Crippen molar-refractivity contribution in [2.75, 3.05) is 5.75 Å². The first-order valence-electron chi connectivity index (χ1n) is 7.74. The Morgan fingerprint density at radius 1 is 1.08 bits per heavy atom. The van der Waals surface area contributed by atoms with Crippen molar-refractivity contribution >= 4 is 34.0 Å². The predicted octanol–water partition coefficient (Wildman–Crippen LogP) is 3.91. The van der Waals surface area contributed by atoms with Crippen LogP contribution in [0.5, 0.6) is 0 Å². The second-order valence-electron chi connectivity index (χ2n) is 5.53. The SMILES string of the molecule is O=Cc1cc(-c2ccccc2)n(S(=O)(=O)CC=Cc2ccc(Cl)nc2)c1. The van der Waals surface area contributed by atoms with Gasteiger partial charge in [0.05, 0.1) is 11.4 Å². The van der Waals surface area contributed by atoms with E-state index in [9.17, 15) is 13.2 Å². The van der Waals surface area contributed by atoms with Crippen LogP contribution in [0.3, 0.4) is 0 Å². The van der Waals surface area contributed by atoms with E-state index in [1.165, 1.54) is 12.3 Å². The summed E-state index contributed by atoms with van der Waals surface area (Å²) in [6.07, 6.45) is 6.72. The van der Waals surface area contributed by atoms with E-state index in [-0.39, 0.29) is 5.75 Å². The molecule has 0 saturated heterocycles. The summed E-state index contributed by atoms with van der Waals surface area (Å²) < 4.78 is 26.7. The Balaban J connectivity index is 1.90. The zero-order valence-electron chi connectivity index (χ0n) is 13.6. The van der Waals surface area contributed by atoms with Crippen molar-refractivity contribution in [2.45, 2.75) is 0 Å². The Bertz CT molecular complexity index is 1040. The monoisotopic (exact) mass is 386 g/mol. The Kier molecular flexibility index (Phi) is 5.35. The molecule has 2 heterocycles. The molecule has 0 fully saturated rings. The van der Waals surface area contributed by atoms with Gasteiger partial charge in [0, 0.05) is 18.0 Å². The van der Waals surface area contributed by atoms with Gasteiger partial charge in [0.1, 0.15) is 5.15 Å². The molecule has 7 heteroatoms. The number of nitrogens with zero attached hydrogens (tertiary/aromatic N) is 2. The van der Waals surface area contributed by atoms with E-state index < -0.39 is 10.0 Å². The highest BCUT2D eigenvalue weighted by Gasteiger charge is 2.18. The van der Waals surface area contributed by atoms with Crippen LogP contribution in [0.25, 0.3) is 17.3 Å². The van der Waals surface area contributed by atoms with E-state index in [0.717, 1.165) is 15.1 Å². The first kappa shape index (κ1) is 18.1. The van der Waals surface area contributed by atoms with Gasteiger partial charge in [0.2, 0.25) is 10.0 Å². The van der Waals surface area contributed by atoms with Gasteiger partial charge in [-0.05, 0) is 23.3 Å². The highest BCUT2D eigenvalue weighted by molar-refractivity contribution is 7.90. The van der Waals surface area contributed by atoms with Crippen LogP contribution in [0.2, 0.25) is 5.15 Å². The molecular formula is C19H15ClN2O3S. The number of halogens is 1.